The number of para-hydroxylation sites is 1. The molecule has 0 saturated heterocycles. The van der Waals surface area contributed by atoms with Crippen LogP contribution >= 0.6 is 0 Å². The zero-order valence-electron chi connectivity index (χ0n) is 15.9. The smallest absolute Gasteiger partial charge is 0.257 e. The first-order chi connectivity index (χ1) is 13.6. The van der Waals surface area contributed by atoms with Gasteiger partial charge in [-0.1, -0.05) is 36.4 Å². The van der Waals surface area contributed by atoms with Crippen molar-refractivity contribution in [2.75, 3.05) is 14.2 Å². The van der Waals surface area contributed by atoms with E-state index in [4.69, 9.17) is 9.47 Å². The van der Waals surface area contributed by atoms with E-state index in [0.29, 0.717) is 17.9 Å². The highest BCUT2D eigenvalue weighted by Gasteiger charge is 2.17. The normalized spacial score (nSPS) is 10.4. The molecule has 144 valence electrons. The highest BCUT2D eigenvalue weighted by atomic mass is 19.1. The van der Waals surface area contributed by atoms with Crippen molar-refractivity contribution in [2.24, 2.45) is 0 Å². The molecule has 1 amide bonds. The summed E-state index contributed by atoms with van der Waals surface area (Å²) in [6, 6.07) is 20.8. The van der Waals surface area contributed by atoms with Crippen molar-refractivity contribution in [1.29, 1.82) is 0 Å². The Labute approximate surface area is 164 Å². The lowest BCUT2D eigenvalue weighted by molar-refractivity contribution is 0.0780. The monoisotopic (exact) mass is 379 g/mol. The third kappa shape index (κ3) is 4.88. The molecule has 0 fully saturated rings. The van der Waals surface area contributed by atoms with E-state index in [1.165, 1.54) is 12.1 Å². The van der Waals surface area contributed by atoms with E-state index in [1.54, 1.807) is 49.4 Å². The molecule has 4 nitrogen and oxygen atoms in total. The molecule has 0 N–H and O–H groups in total. The zero-order chi connectivity index (χ0) is 19.9. The summed E-state index contributed by atoms with van der Waals surface area (Å²) in [4.78, 5) is 14.6. The molecular formula is C23H22FNO3. The van der Waals surface area contributed by atoms with Crippen molar-refractivity contribution in [3.05, 3.63) is 95.3 Å². The lowest BCUT2D eigenvalue weighted by Gasteiger charge is -2.19. The van der Waals surface area contributed by atoms with Gasteiger partial charge in [0.25, 0.3) is 5.91 Å². The fourth-order valence-electron chi connectivity index (χ4n) is 2.79. The standard InChI is InChI=1S/C23H22FNO3/c1-25(15-17-9-13-20(27-2)14-10-17)23(26)21-5-3-4-6-22(21)28-16-18-7-11-19(24)12-8-18/h3-14H,15-16H2,1-2H3. The SMILES string of the molecule is COc1ccc(CN(C)C(=O)c2ccccc2OCc2ccc(F)cc2)cc1. The molecule has 3 aromatic rings. The molecule has 0 aromatic heterocycles. The Kier molecular flexibility index (Phi) is 6.27. The fourth-order valence-corrected chi connectivity index (χ4v) is 2.79. The lowest BCUT2D eigenvalue weighted by atomic mass is 10.1. The van der Waals surface area contributed by atoms with E-state index in [2.05, 4.69) is 0 Å². The highest BCUT2D eigenvalue weighted by molar-refractivity contribution is 5.96. The molecule has 28 heavy (non-hydrogen) atoms. The van der Waals surface area contributed by atoms with Crippen LogP contribution in [0, 0.1) is 5.82 Å². The van der Waals surface area contributed by atoms with Gasteiger partial charge in [0, 0.05) is 13.6 Å². The van der Waals surface area contributed by atoms with Crippen LogP contribution in [0.4, 0.5) is 4.39 Å². The van der Waals surface area contributed by atoms with E-state index in [1.807, 2.05) is 30.3 Å². The number of rotatable bonds is 7. The Morgan fingerprint density at radius 2 is 1.57 bits per heavy atom. The van der Waals surface area contributed by atoms with Crippen LogP contribution in [0.15, 0.2) is 72.8 Å². The van der Waals surface area contributed by atoms with Crippen LogP contribution < -0.4 is 9.47 Å². The summed E-state index contributed by atoms with van der Waals surface area (Å²) in [6.45, 7) is 0.724. The van der Waals surface area contributed by atoms with Gasteiger partial charge in [0.15, 0.2) is 0 Å². The minimum Gasteiger partial charge on any atom is -0.497 e. The molecule has 5 heteroatoms. The molecule has 0 saturated carbocycles. The average Bonchev–Trinajstić information content (AvgIpc) is 2.73. The van der Waals surface area contributed by atoms with Crippen LogP contribution in [0.25, 0.3) is 0 Å². The summed E-state index contributed by atoms with van der Waals surface area (Å²) < 4.78 is 24.0. The second-order valence-electron chi connectivity index (χ2n) is 6.42. The topological polar surface area (TPSA) is 38.8 Å². The molecule has 0 heterocycles. The summed E-state index contributed by atoms with van der Waals surface area (Å²) in [7, 11) is 3.37. The van der Waals surface area contributed by atoms with Gasteiger partial charge >= 0.3 is 0 Å². The number of hydrogen-bond donors (Lipinski definition) is 0. The molecule has 0 atom stereocenters. The van der Waals surface area contributed by atoms with E-state index in [0.717, 1.165) is 16.9 Å². The molecule has 0 unspecified atom stereocenters. The minimum absolute atomic E-state index is 0.134. The van der Waals surface area contributed by atoms with Gasteiger partial charge in [-0.25, -0.2) is 4.39 Å². The Bertz CT molecular complexity index is 923. The zero-order valence-corrected chi connectivity index (χ0v) is 15.9. The summed E-state index contributed by atoms with van der Waals surface area (Å²) in [5.41, 5.74) is 2.32. The lowest BCUT2D eigenvalue weighted by Crippen LogP contribution is -2.26. The molecule has 3 rings (SSSR count). The summed E-state index contributed by atoms with van der Waals surface area (Å²) in [6.07, 6.45) is 0. The maximum Gasteiger partial charge on any atom is 0.257 e. The van der Waals surface area contributed by atoms with Crippen molar-refractivity contribution in [2.45, 2.75) is 13.2 Å². The van der Waals surface area contributed by atoms with E-state index >= 15 is 0 Å². The third-order valence-electron chi connectivity index (χ3n) is 4.35. The Balaban J connectivity index is 1.69. The highest BCUT2D eigenvalue weighted by Crippen LogP contribution is 2.22. The number of halogens is 1. The van der Waals surface area contributed by atoms with Crippen LogP contribution in [0.3, 0.4) is 0 Å². The van der Waals surface area contributed by atoms with Crippen molar-refractivity contribution in [3.63, 3.8) is 0 Å². The maximum absolute atomic E-state index is 13.0. The Morgan fingerprint density at radius 1 is 0.929 bits per heavy atom. The maximum atomic E-state index is 13.0. The molecule has 0 aliphatic rings. The van der Waals surface area contributed by atoms with Gasteiger partial charge in [0.1, 0.15) is 23.9 Å². The number of carbonyl (C=O) groups excluding carboxylic acids is 1. The van der Waals surface area contributed by atoms with Crippen LogP contribution in [0.2, 0.25) is 0 Å². The van der Waals surface area contributed by atoms with Crippen LogP contribution in [-0.4, -0.2) is 25.0 Å². The summed E-state index contributed by atoms with van der Waals surface area (Å²) in [5, 5.41) is 0. The molecule has 3 aromatic carbocycles. The Hall–Kier alpha value is -3.34. The van der Waals surface area contributed by atoms with Gasteiger partial charge in [-0.05, 0) is 47.5 Å². The van der Waals surface area contributed by atoms with Crippen molar-refractivity contribution < 1.29 is 18.7 Å². The number of benzene rings is 3. The molecular weight excluding hydrogens is 357 g/mol. The van der Waals surface area contributed by atoms with Gasteiger partial charge in [-0.15, -0.1) is 0 Å². The van der Waals surface area contributed by atoms with Gasteiger partial charge in [0.05, 0.1) is 12.7 Å². The number of methoxy groups -OCH3 is 1. The summed E-state index contributed by atoms with van der Waals surface area (Å²) >= 11 is 0. The van der Waals surface area contributed by atoms with Crippen molar-refractivity contribution in [3.8, 4) is 11.5 Å². The van der Waals surface area contributed by atoms with Crippen molar-refractivity contribution >= 4 is 5.91 Å². The van der Waals surface area contributed by atoms with Gasteiger partial charge in [-0.3, -0.25) is 4.79 Å². The number of nitrogens with zero attached hydrogens (tertiary/aromatic N) is 1. The molecule has 0 radical (unpaired) electrons. The van der Waals surface area contributed by atoms with Crippen LogP contribution in [0.5, 0.6) is 11.5 Å². The first-order valence-electron chi connectivity index (χ1n) is 8.91. The first kappa shape index (κ1) is 19.4. The van der Waals surface area contributed by atoms with E-state index < -0.39 is 0 Å². The van der Waals surface area contributed by atoms with Crippen LogP contribution in [-0.2, 0) is 13.2 Å². The van der Waals surface area contributed by atoms with E-state index in [-0.39, 0.29) is 18.3 Å². The minimum atomic E-state index is -0.292. The number of hydrogen-bond acceptors (Lipinski definition) is 3. The van der Waals surface area contributed by atoms with Crippen molar-refractivity contribution in [1.82, 2.24) is 4.90 Å². The second kappa shape index (κ2) is 9.04. The average molecular weight is 379 g/mol. The van der Waals surface area contributed by atoms with Crippen LogP contribution in [0.1, 0.15) is 21.5 Å². The first-order valence-corrected chi connectivity index (χ1v) is 8.91. The number of amides is 1. The molecule has 0 spiro atoms. The number of carbonyl (C=O) groups is 1. The fraction of sp³-hybridized carbons (Fsp3) is 0.174. The predicted octanol–water partition coefficient (Wildman–Crippen LogP) is 4.69. The van der Waals surface area contributed by atoms with Gasteiger partial charge in [-0.2, -0.15) is 0 Å². The third-order valence-corrected chi connectivity index (χ3v) is 4.35. The number of ether oxygens (including phenoxy) is 2. The largest absolute Gasteiger partial charge is 0.497 e. The van der Waals surface area contributed by atoms with Gasteiger partial charge < -0.3 is 14.4 Å². The van der Waals surface area contributed by atoms with E-state index in [9.17, 15) is 9.18 Å². The quantitative estimate of drug-likeness (QED) is 0.598. The van der Waals surface area contributed by atoms with Gasteiger partial charge in [0.2, 0.25) is 0 Å². The summed E-state index contributed by atoms with van der Waals surface area (Å²) in [5.74, 6) is 0.848. The Morgan fingerprint density at radius 3 is 2.25 bits per heavy atom. The predicted molar refractivity (Wildman–Crippen MR) is 106 cm³/mol. The molecule has 0 aliphatic heterocycles. The molecule has 0 aliphatic carbocycles. The second-order valence-corrected chi connectivity index (χ2v) is 6.42. The molecule has 0 bridgehead atoms.